The van der Waals surface area contributed by atoms with Crippen molar-refractivity contribution in [3.8, 4) is 5.75 Å². The van der Waals surface area contributed by atoms with Gasteiger partial charge < -0.3 is 15.7 Å². The first-order chi connectivity index (χ1) is 14.1. The van der Waals surface area contributed by atoms with Gasteiger partial charge in [0.1, 0.15) is 11.4 Å². The van der Waals surface area contributed by atoms with Gasteiger partial charge in [0.15, 0.2) is 5.82 Å². The number of aromatic hydroxyl groups is 1. The molecule has 2 unspecified atom stereocenters. The van der Waals surface area contributed by atoms with E-state index in [0.717, 1.165) is 17.2 Å². The molecule has 8 heteroatoms. The minimum Gasteiger partial charge on any atom is -0.507 e. The minimum absolute atomic E-state index is 0.00216. The lowest BCUT2D eigenvalue weighted by Gasteiger charge is -2.31. The second kappa shape index (κ2) is 6.52. The molecule has 1 amide bonds. The van der Waals surface area contributed by atoms with E-state index in [1.54, 1.807) is 12.1 Å². The molecule has 29 heavy (non-hydrogen) atoms. The number of primary amides is 1. The second-order valence-corrected chi connectivity index (χ2v) is 6.87. The molecule has 0 spiro atoms. The largest absolute Gasteiger partial charge is 0.507 e. The fraction of sp³-hybridized carbons (Fsp3) is 0.0952. The lowest BCUT2D eigenvalue weighted by atomic mass is 9.97. The summed E-state index contributed by atoms with van der Waals surface area (Å²) in [6, 6.07) is 10.1. The minimum atomic E-state index is -0.726. The maximum atomic E-state index is 11.4. The summed E-state index contributed by atoms with van der Waals surface area (Å²) in [7, 11) is 0. The van der Waals surface area contributed by atoms with Crippen molar-refractivity contribution in [2.75, 3.05) is 4.90 Å². The highest BCUT2D eigenvalue weighted by Crippen LogP contribution is 2.45. The number of anilines is 1. The molecular formula is C21H16N6O2. The smallest absolute Gasteiger partial charge is 0.252 e. The lowest BCUT2D eigenvalue weighted by molar-refractivity contribution is 0.0998. The number of rotatable bonds is 3. The number of nitrogens with zero attached hydrogens (tertiary/aromatic N) is 5. The molecule has 2 aromatic carbocycles. The van der Waals surface area contributed by atoms with E-state index in [1.807, 2.05) is 24.3 Å². The second-order valence-electron chi connectivity index (χ2n) is 6.87. The van der Waals surface area contributed by atoms with Crippen LogP contribution in [-0.4, -0.2) is 17.1 Å². The van der Waals surface area contributed by atoms with E-state index >= 15 is 0 Å². The average Bonchev–Trinajstić information content (AvgIpc) is 3.12. The summed E-state index contributed by atoms with van der Waals surface area (Å²) < 4.78 is 0. The maximum Gasteiger partial charge on any atom is 0.252 e. The summed E-state index contributed by atoms with van der Waals surface area (Å²) in [5.41, 5.74) is 7.99. The van der Waals surface area contributed by atoms with Crippen LogP contribution in [0.5, 0.6) is 5.75 Å². The monoisotopic (exact) mass is 384 g/mol. The summed E-state index contributed by atoms with van der Waals surface area (Å²) in [4.78, 5) is 13.5. The van der Waals surface area contributed by atoms with Gasteiger partial charge in [0.25, 0.3) is 5.91 Å². The first-order valence-corrected chi connectivity index (χ1v) is 9.06. The Bertz CT molecular complexity index is 1180. The summed E-state index contributed by atoms with van der Waals surface area (Å²) in [6.45, 7) is 0. The molecule has 0 aromatic heterocycles. The number of carbonyl (C=O) groups is 1. The third-order valence-electron chi connectivity index (χ3n) is 5.04. The van der Waals surface area contributed by atoms with E-state index < -0.39 is 5.91 Å². The van der Waals surface area contributed by atoms with E-state index in [4.69, 9.17) is 5.73 Å². The van der Waals surface area contributed by atoms with E-state index in [0.29, 0.717) is 11.4 Å². The first-order valence-electron chi connectivity index (χ1n) is 9.06. The molecule has 142 valence electrons. The summed E-state index contributed by atoms with van der Waals surface area (Å²) in [6.07, 6.45) is 10.5. The van der Waals surface area contributed by atoms with Gasteiger partial charge in [0.05, 0.1) is 28.7 Å². The van der Waals surface area contributed by atoms with Crippen LogP contribution in [-0.2, 0) is 0 Å². The van der Waals surface area contributed by atoms with Crippen molar-refractivity contribution in [3.05, 3.63) is 78.2 Å². The van der Waals surface area contributed by atoms with Gasteiger partial charge in [-0.2, -0.15) is 10.2 Å². The molecular weight excluding hydrogens is 368 g/mol. The van der Waals surface area contributed by atoms with Gasteiger partial charge in [0, 0.05) is 5.92 Å². The van der Waals surface area contributed by atoms with Crippen molar-refractivity contribution in [2.45, 2.75) is 6.04 Å². The van der Waals surface area contributed by atoms with Gasteiger partial charge in [-0.3, -0.25) is 4.79 Å². The highest BCUT2D eigenvalue weighted by atomic mass is 16.3. The quantitative estimate of drug-likeness (QED) is 0.742. The number of amides is 1. The molecule has 2 atom stereocenters. The van der Waals surface area contributed by atoms with Gasteiger partial charge in [-0.05, 0) is 42.5 Å². The van der Waals surface area contributed by atoms with E-state index in [9.17, 15) is 9.90 Å². The molecule has 0 fully saturated rings. The number of fused-ring (bicyclic) bond motifs is 5. The third kappa shape index (κ3) is 2.91. The van der Waals surface area contributed by atoms with Crippen LogP contribution in [0.3, 0.4) is 0 Å². The van der Waals surface area contributed by atoms with Gasteiger partial charge in [-0.15, -0.1) is 10.2 Å². The zero-order valence-corrected chi connectivity index (χ0v) is 15.2. The van der Waals surface area contributed by atoms with Crippen LogP contribution in [0.15, 0.2) is 93.1 Å². The molecule has 1 aliphatic carbocycles. The SMILES string of the molecule is NC(=O)c1cc(/N=N/c2ccc3c(c2)N2C(=CC4C=CC=CC42)N=N3)ccc1O. The van der Waals surface area contributed by atoms with Crippen molar-refractivity contribution in [1.29, 1.82) is 0 Å². The average molecular weight is 384 g/mol. The molecule has 2 heterocycles. The highest BCUT2D eigenvalue weighted by molar-refractivity contribution is 5.96. The lowest BCUT2D eigenvalue weighted by Crippen LogP contribution is -2.33. The Morgan fingerprint density at radius 2 is 1.79 bits per heavy atom. The Labute approximate surface area is 166 Å². The van der Waals surface area contributed by atoms with Gasteiger partial charge in [-0.25, -0.2) is 0 Å². The van der Waals surface area contributed by atoms with Crippen LogP contribution in [0.2, 0.25) is 0 Å². The molecule has 0 saturated heterocycles. The molecule has 2 aliphatic heterocycles. The molecule has 0 saturated carbocycles. The number of carbonyl (C=O) groups excluding carboxylic acids is 1. The summed E-state index contributed by atoms with van der Waals surface area (Å²) >= 11 is 0. The van der Waals surface area contributed by atoms with Gasteiger partial charge >= 0.3 is 0 Å². The third-order valence-corrected chi connectivity index (χ3v) is 5.04. The Morgan fingerprint density at radius 1 is 1.03 bits per heavy atom. The van der Waals surface area contributed by atoms with Crippen LogP contribution in [0.1, 0.15) is 10.4 Å². The fourth-order valence-corrected chi connectivity index (χ4v) is 3.65. The van der Waals surface area contributed by atoms with Crippen LogP contribution in [0.25, 0.3) is 0 Å². The summed E-state index contributed by atoms with van der Waals surface area (Å²) in [5.74, 6) is 0.168. The Morgan fingerprint density at radius 3 is 2.62 bits per heavy atom. The van der Waals surface area contributed by atoms with Gasteiger partial charge in [0.2, 0.25) is 0 Å². The molecule has 8 nitrogen and oxygen atoms in total. The maximum absolute atomic E-state index is 11.4. The Balaban J connectivity index is 1.48. The number of hydrogen-bond acceptors (Lipinski definition) is 7. The van der Waals surface area contributed by atoms with Crippen molar-refractivity contribution >= 4 is 28.7 Å². The Kier molecular flexibility index (Phi) is 3.83. The number of phenols is 1. The predicted octanol–water partition coefficient (Wildman–Crippen LogP) is 4.78. The molecule has 0 bridgehead atoms. The predicted molar refractivity (Wildman–Crippen MR) is 108 cm³/mol. The number of nitrogens with two attached hydrogens (primary N) is 1. The number of hydrogen-bond donors (Lipinski definition) is 2. The normalized spacial score (nSPS) is 21.1. The van der Waals surface area contributed by atoms with Gasteiger partial charge in [-0.1, -0.05) is 24.3 Å². The van der Waals surface area contributed by atoms with E-state index in [1.165, 1.54) is 12.1 Å². The van der Waals surface area contributed by atoms with E-state index in [-0.39, 0.29) is 23.3 Å². The van der Waals surface area contributed by atoms with Crippen molar-refractivity contribution < 1.29 is 9.90 Å². The summed E-state index contributed by atoms with van der Waals surface area (Å²) in [5, 5.41) is 26.8. The van der Waals surface area contributed by atoms with Crippen LogP contribution >= 0.6 is 0 Å². The number of allylic oxidation sites excluding steroid dienone is 2. The van der Waals surface area contributed by atoms with Crippen molar-refractivity contribution in [2.24, 2.45) is 32.1 Å². The fourth-order valence-electron chi connectivity index (χ4n) is 3.65. The standard InChI is InChI=1S/C21H16N6O2/c22-21(29)15-10-13(6-8-19(15)28)23-24-14-5-7-16-18(11-14)27-17-4-2-1-3-12(17)9-20(27)26-25-16/h1-12,17,28H,(H2,22,29)/b24-23+. The molecule has 3 N–H and O–H groups in total. The van der Waals surface area contributed by atoms with Crippen LogP contribution in [0.4, 0.5) is 22.7 Å². The number of benzene rings is 2. The van der Waals surface area contributed by atoms with E-state index in [2.05, 4.69) is 43.6 Å². The zero-order valence-electron chi connectivity index (χ0n) is 15.2. The molecule has 0 radical (unpaired) electrons. The molecule has 2 aromatic rings. The first kappa shape index (κ1) is 17.1. The molecule has 3 aliphatic rings. The van der Waals surface area contributed by atoms with Crippen LogP contribution < -0.4 is 10.6 Å². The zero-order chi connectivity index (χ0) is 20.0. The number of azo groups is 2. The molecule has 5 rings (SSSR count). The topological polar surface area (TPSA) is 116 Å². The Hall–Kier alpha value is -4.07. The van der Waals surface area contributed by atoms with Crippen molar-refractivity contribution in [3.63, 3.8) is 0 Å². The van der Waals surface area contributed by atoms with Crippen LogP contribution in [0, 0.1) is 5.92 Å². The van der Waals surface area contributed by atoms with Crippen molar-refractivity contribution in [1.82, 2.24) is 0 Å². The highest BCUT2D eigenvalue weighted by Gasteiger charge is 2.36.